The number of hydrogen-bond acceptors (Lipinski definition) is 5. The normalized spacial score (nSPS) is 13.0. The third-order valence-corrected chi connectivity index (χ3v) is 9.40. The van der Waals surface area contributed by atoms with E-state index in [-0.39, 0.29) is 5.41 Å². The summed E-state index contributed by atoms with van der Waals surface area (Å²) in [6.07, 6.45) is 0. The lowest BCUT2D eigenvalue weighted by molar-refractivity contribution is 0.617. The molecule has 9 rings (SSSR count). The zero-order valence-electron chi connectivity index (χ0n) is 25.8. The topological polar surface area (TPSA) is 75.8 Å². The van der Waals surface area contributed by atoms with Gasteiger partial charge in [0.05, 0.1) is 5.56 Å². The summed E-state index contributed by atoms with van der Waals surface area (Å²) < 4.78 is 12.4. The standard InChI is InChI=1S/C42H27N3O2/c1-42(2)34-13-4-3-10-31(34)32-19-18-25(23-35(32)42)29-11-9-12-30(33(29)24-43)26-20-27(40-44-36-14-5-7-16-38(36)46-40)22-28(21-26)41-45-37-15-6-8-17-39(37)47-41/h3-23H,1-2H3. The van der Waals surface area contributed by atoms with Gasteiger partial charge in [0.25, 0.3) is 0 Å². The van der Waals surface area contributed by atoms with E-state index in [1.807, 2.05) is 84.9 Å². The largest absolute Gasteiger partial charge is 0.436 e. The lowest BCUT2D eigenvalue weighted by Gasteiger charge is -2.22. The molecule has 2 aromatic heterocycles. The van der Waals surface area contributed by atoms with Crippen molar-refractivity contribution in [1.29, 1.82) is 5.26 Å². The molecule has 0 amide bonds. The highest BCUT2D eigenvalue weighted by Crippen LogP contribution is 2.50. The van der Waals surface area contributed by atoms with Gasteiger partial charge >= 0.3 is 0 Å². The van der Waals surface area contributed by atoms with Crippen LogP contribution in [0, 0.1) is 11.3 Å². The van der Waals surface area contributed by atoms with Gasteiger partial charge in [0.2, 0.25) is 11.8 Å². The monoisotopic (exact) mass is 605 g/mol. The number of benzene rings is 6. The molecule has 1 aliphatic carbocycles. The number of nitriles is 1. The molecule has 47 heavy (non-hydrogen) atoms. The zero-order chi connectivity index (χ0) is 31.7. The first-order valence-electron chi connectivity index (χ1n) is 15.6. The Morgan fingerprint density at radius 3 is 1.68 bits per heavy atom. The molecule has 222 valence electrons. The van der Waals surface area contributed by atoms with Gasteiger partial charge < -0.3 is 8.83 Å². The van der Waals surface area contributed by atoms with E-state index in [2.05, 4.69) is 62.4 Å². The van der Waals surface area contributed by atoms with Gasteiger partial charge in [-0.25, -0.2) is 9.97 Å². The molecule has 5 nitrogen and oxygen atoms in total. The summed E-state index contributed by atoms with van der Waals surface area (Å²) >= 11 is 0. The highest BCUT2D eigenvalue weighted by molar-refractivity contribution is 5.89. The van der Waals surface area contributed by atoms with Crippen molar-refractivity contribution < 1.29 is 8.83 Å². The maximum atomic E-state index is 10.7. The molecule has 0 spiro atoms. The van der Waals surface area contributed by atoms with E-state index < -0.39 is 0 Å². The molecule has 0 N–H and O–H groups in total. The Hall–Kier alpha value is -6.25. The summed E-state index contributed by atoms with van der Waals surface area (Å²) in [6, 6.07) is 45.3. The second-order valence-electron chi connectivity index (χ2n) is 12.5. The lowest BCUT2D eigenvalue weighted by atomic mass is 9.81. The third-order valence-electron chi connectivity index (χ3n) is 9.40. The van der Waals surface area contributed by atoms with Crippen LogP contribution < -0.4 is 0 Å². The van der Waals surface area contributed by atoms with E-state index in [9.17, 15) is 5.26 Å². The Labute approximate surface area is 271 Å². The minimum atomic E-state index is -0.144. The highest BCUT2D eigenvalue weighted by atomic mass is 16.4. The van der Waals surface area contributed by atoms with Crippen LogP contribution in [0.15, 0.2) is 136 Å². The van der Waals surface area contributed by atoms with Crippen LogP contribution in [0.3, 0.4) is 0 Å². The molecule has 0 fully saturated rings. The molecule has 0 radical (unpaired) electrons. The maximum absolute atomic E-state index is 10.7. The van der Waals surface area contributed by atoms with Gasteiger partial charge in [0, 0.05) is 27.7 Å². The molecule has 0 atom stereocenters. The van der Waals surface area contributed by atoms with Crippen molar-refractivity contribution in [3.05, 3.63) is 144 Å². The van der Waals surface area contributed by atoms with E-state index in [0.717, 1.165) is 44.4 Å². The lowest BCUT2D eigenvalue weighted by Crippen LogP contribution is -2.14. The van der Waals surface area contributed by atoms with E-state index in [4.69, 9.17) is 18.8 Å². The molecule has 8 aromatic rings. The Morgan fingerprint density at radius 1 is 0.511 bits per heavy atom. The van der Waals surface area contributed by atoms with Crippen molar-refractivity contribution in [3.63, 3.8) is 0 Å². The Balaban J connectivity index is 1.23. The van der Waals surface area contributed by atoms with E-state index in [0.29, 0.717) is 28.5 Å². The fourth-order valence-corrected chi connectivity index (χ4v) is 7.05. The van der Waals surface area contributed by atoms with Gasteiger partial charge in [0.15, 0.2) is 11.2 Å². The zero-order valence-corrected chi connectivity index (χ0v) is 25.8. The molecule has 0 unspecified atom stereocenters. The fraction of sp³-hybridized carbons (Fsp3) is 0.0714. The molecule has 0 bridgehead atoms. The number of aromatic nitrogens is 2. The summed E-state index contributed by atoms with van der Waals surface area (Å²) in [4.78, 5) is 9.57. The first-order chi connectivity index (χ1) is 23.0. The van der Waals surface area contributed by atoms with Gasteiger partial charge in [-0.1, -0.05) is 92.7 Å². The Bertz CT molecular complexity index is 2420. The van der Waals surface area contributed by atoms with Crippen LogP contribution in [0.2, 0.25) is 0 Å². The van der Waals surface area contributed by atoms with E-state index in [1.165, 1.54) is 22.3 Å². The number of rotatable bonds is 4. The molecule has 5 heteroatoms. The molecular formula is C42H27N3O2. The molecule has 6 aromatic carbocycles. The van der Waals surface area contributed by atoms with Crippen LogP contribution in [0.4, 0.5) is 0 Å². The molecule has 0 saturated heterocycles. The molecule has 0 aliphatic heterocycles. The summed E-state index contributed by atoms with van der Waals surface area (Å²) in [5, 5.41) is 10.7. The summed E-state index contributed by atoms with van der Waals surface area (Å²) in [6.45, 7) is 4.54. The van der Waals surface area contributed by atoms with Crippen molar-refractivity contribution in [1.82, 2.24) is 9.97 Å². The van der Waals surface area contributed by atoms with Gasteiger partial charge in [-0.05, 0) is 81.9 Å². The minimum absolute atomic E-state index is 0.144. The maximum Gasteiger partial charge on any atom is 0.227 e. The second kappa shape index (κ2) is 10.1. The predicted octanol–water partition coefficient (Wildman–Crippen LogP) is 10.8. The number of nitrogens with zero attached hydrogens (tertiary/aromatic N) is 3. The molecule has 2 heterocycles. The van der Waals surface area contributed by atoms with Gasteiger partial charge in [0.1, 0.15) is 17.1 Å². The van der Waals surface area contributed by atoms with E-state index in [1.54, 1.807) is 0 Å². The quantitative estimate of drug-likeness (QED) is 0.199. The SMILES string of the molecule is CC1(C)c2ccccc2-c2ccc(-c3cccc(-c4cc(-c5nc6ccccc6o5)cc(-c5nc6ccccc6o5)c4)c3C#N)cc21. The Kier molecular flexibility index (Phi) is 5.84. The van der Waals surface area contributed by atoms with Crippen LogP contribution in [0.25, 0.3) is 78.5 Å². The first-order valence-corrected chi connectivity index (χ1v) is 15.6. The average Bonchev–Trinajstić information content (AvgIpc) is 3.81. The number of oxazole rings is 2. The predicted molar refractivity (Wildman–Crippen MR) is 186 cm³/mol. The first kappa shape index (κ1) is 27.1. The molecule has 1 aliphatic rings. The summed E-state index contributed by atoms with van der Waals surface area (Å²) in [5.74, 6) is 0.973. The summed E-state index contributed by atoms with van der Waals surface area (Å²) in [7, 11) is 0. The van der Waals surface area contributed by atoms with Crippen LogP contribution in [-0.2, 0) is 5.41 Å². The Morgan fingerprint density at radius 2 is 1.04 bits per heavy atom. The average molecular weight is 606 g/mol. The smallest absolute Gasteiger partial charge is 0.227 e. The molecular weight excluding hydrogens is 578 g/mol. The number of hydrogen-bond donors (Lipinski definition) is 0. The second-order valence-corrected chi connectivity index (χ2v) is 12.5. The van der Waals surface area contributed by atoms with Crippen LogP contribution in [0.5, 0.6) is 0 Å². The van der Waals surface area contributed by atoms with Crippen LogP contribution >= 0.6 is 0 Å². The third kappa shape index (κ3) is 4.23. The van der Waals surface area contributed by atoms with E-state index >= 15 is 0 Å². The number of para-hydroxylation sites is 4. The number of fused-ring (bicyclic) bond motifs is 5. The summed E-state index contributed by atoms with van der Waals surface area (Å²) in [5.41, 5.74) is 13.6. The van der Waals surface area contributed by atoms with Crippen molar-refractivity contribution in [3.8, 4) is 62.4 Å². The van der Waals surface area contributed by atoms with Crippen molar-refractivity contribution >= 4 is 22.2 Å². The minimum Gasteiger partial charge on any atom is -0.436 e. The van der Waals surface area contributed by atoms with Gasteiger partial charge in [-0.3, -0.25) is 0 Å². The van der Waals surface area contributed by atoms with Crippen LogP contribution in [0.1, 0.15) is 30.5 Å². The fourth-order valence-electron chi connectivity index (χ4n) is 7.05. The van der Waals surface area contributed by atoms with Crippen molar-refractivity contribution in [2.75, 3.05) is 0 Å². The van der Waals surface area contributed by atoms with Crippen molar-refractivity contribution in [2.45, 2.75) is 19.3 Å². The van der Waals surface area contributed by atoms with Gasteiger partial charge in [-0.15, -0.1) is 0 Å². The van der Waals surface area contributed by atoms with Gasteiger partial charge in [-0.2, -0.15) is 5.26 Å². The van der Waals surface area contributed by atoms with Crippen LogP contribution in [-0.4, -0.2) is 9.97 Å². The molecule has 0 saturated carbocycles. The van der Waals surface area contributed by atoms with Crippen molar-refractivity contribution in [2.24, 2.45) is 0 Å². The highest BCUT2D eigenvalue weighted by Gasteiger charge is 2.35.